The summed E-state index contributed by atoms with van der Waals surface area (Å²) in [6.07, 6.45) is 1.69. The highest BCUT2D eigenvalue weighted by atomic mass is 35.5. The molecule has 0 aliphatic carbocycles. The van der Waals surface area contributed by atoms with Gasteiger partial charge in [0.15, 0.2) is 0 Å². The van der Waals surface area contributed by atoms with E-state index in [1.165, 1.54) is 4.57 Å². The minimum atomic E-state index is -0.403. The molecule has 1 aromatic carbocycles. The van der Waals surface area contributed by atoms with Gasteiger partial charge in [-0.05, 0) is 37.6 Å². The molecule has 3 aromatic rings. The third kappa shape index (κ3) is 3.28. The van der Waals surface area contributed by atoms with E-state index in [4.69, 9.17) is 16.7 Å². The quantitative estimate of drug-likeness (QED) is 0.595. The summed E-state index contributed by atoms with van der Waals surface area (Å²) < 4.78 is 3.28. The molecule has 33 heavy (non-hydrogen) atoms. The Labute approximate surface area is 196 Å². The van der Waals surface area contributed by atoms with Gasteiger partial charge in [0.25, 0.3) is 11.5 Å². The van der Waals surface area contributed by atoms with Crippen LogP contribution < -0.4 is 10.5 Å². The van der Waals surface area contributed by atoms with Gasteiger partial charge >= 0.3 is 0 Å². The lowest BCUT2D eigenvalue weighted by Crippen LogP contribution is -2.50. The molecule has 2 aliphatic rings. The number of hydrogen-bond acceptors (Lipinski definition) is 4. The summed E-state index contributed by atoms with van der Waals surface area (Å²) in [6.45, 7) is 6.25. The Bertz CT molecular complexity index is 1330. The zero-order valence-corrected chi connectivity index (χ0v) is 19.6. The first kappa shape index (κ1) is 21.5. The third-order valence-electron chi connectivity index (χ3n) is 6.55. The fourth-order valence-corrected chi connectivity index (χ4v) is 4.93. The number of halogens is 1. The zero-order valence-electron chi connectivity index (χ0n) is 18.9. The molecule has 0 bridgehead atoms. The van der Waals surface area contributed by atoms with Crippen LogP contribution in [0.15, 0.2) is 41.3 Å². The van der Waals surface area contributed by atoms with Crippen molar-refractivity contribution in [2.45, 2.75) is 32.9 Å². The van der Waals surface area contributed by atoms with Crippen LogP contribution in [0.4, 0.5) is 5.69 Å². The third-order valence-corrected chi connectivity index (χ3v) is 6.80. The lowest BCUT2D eigenvalue weighted by Gasteiger charge is -2.39. The first-order valence-electron chi connectivity index (χ1n) is 10.8. The van der Waals surface area contributed by atoms with E-state index in [2.05, 4.69) is 0 Å². The largest absolute Gasteiger partial charge is 0.339 e. The van der Waals surface area contributed by atoms with E-state index in [1.807, 2.05) is 19.1 Å². The van der Waals surface area contributed by atoms with Gasteiger partial charge in [0.2, 0.25) is 5.91 Å². The molecule has 0 saturated carbocycles. The van der Waals surface area contributed by atoms with E-state index in [0.717, 1.165) is 16.8 Å². The van der Waals surface area contributed by atoms with E-state index in [0.29, 0.717) is 35.1 Å². The molecule has 1 fully saturated rings. The molecule has 170 valence electrons. The summed E-state index contributed by atoms with van der Waals surface area (Å²) in [6, 6.07) is 8.74. The second-order valence-corrected chi connectivity index (χ2v) is 9.23. The molecular weight excluding hydrogens is 442 g/mol. The van der Waals surface area contributed by atoms with Gasteiger partial charge in [-0.3, -0.25) is 24.0 Å². The average Bonchev–Trinajstić information content (AvgIpc) is 3.21. The lowest BCUT2D eigenvalue weighted by atomic mass is 9.98. The molecule has 4 heterocycles. The Kier molecular flexibility index (Phi) is 4.93. The molecule has 1 unspecified atom stereocenters. The Balaban J connectivity index is 1.67. The lowest BCUT2D eigenvalue weighted by molar-refractivity contribution is -0.134. The van der Waals surface area contributed by atoms with Gasteiger partial charge in [0.1, 0.15) is 5.69 Å². The summed E-state index contributed by atoms with van der Waals surface area (Å²) in [4.78, 5) is 41.4. The predicted molar refractivity (Wildman–Crippen MR) is 125 cm³/mol. The number of amides is 2. The smallest absolute Gasteiger partial charge is 0.277 e. The number of aryl methyl sites for hydroxylation is 3. The normalized spacial score (nSPS) is 18.0. The molecule has 9 heteroatoms. The highest BCUT2D eigenvalue weighted by Crippen LogP contribution is 2.44. The van der Waals surface area contributed by atoms with Crippen molar-refractivity contribution in [3.05, 3.63) is 80.0 Å². The number of aromatic nitrogens is 3. The van der Waals surface area contributed by atoms with Crippen LogP contribution in [0.5, 0.6) is 0 Å². The Morgan fingerprint density at radius 3 is 2.39 bits per heavy atom. The fraction of sp³-hybridized carbons (Fsp3) is 0.333. The van der Waals surface area contributed by atoms with Crippen molar-refractivity contribution in [3.63, 3.8) is 0 Å². The Morgan fingerprint density at radius 2 is 1.79 bits per heavy atom. The van der Waals surface area contributed by atoms with Crippen LogP contribution in [0.1, 0.15) is 51.9 Å². The summed E-state index contributed by atoms with van der Waals surface area (Å²) in [5, 5.41) is 5.33. The van der Waals surface area contributed by atoms with Crippen LogP contribution in [0, 0.1) is 13.8 Å². The van der Waals surface area contributed by atoms with Crippen molar-refractivity contribution in [3.8, 4) is 0 Å². The fourth-order valence-electron chi connectivity index (χ4n) is 4.81. The van der Waals surface area contributed by atoms with Crippen LogP contribution in [-0.4, -0.2) is 44.2 Å². The number of likely N-dealkylation sites (tertiary alicyclic amines) is 1. The SMILES string of the molecule is CC(=O)N1CC(n2nc(C)c3c2C(=O)N(c2cc(C)c(=O)n(C)c2)C3c2ccc(Cl)cc2)C1. The molecule has 1 atom stereocenters. The minimum absolute atomic E-state index is 0.0134. The van der Waals surface area contributed by atoms with Crippen LogP contribution in [0.3, 0.4) is 0 Å². The number of nitrogens with zero attached hydrogens (tertiary/aromatic N) is 5. The van der Waals surface area contributed by atoms with Gasteiger partial charge in [-0.15, -0.1) is 0 Å². The average molecular weight is 466 g/mol. The molecule has 8 nitrogen and oxygen atoms in total. The molecule has 0 spiro atoms. The second-order valence-electron chi connectivity index (χ2n) is 8.80. The summed E-state index contributed by atoms with van der Waals surface area (Å²) in [5.74, 6) is -0.163. The second kappa shape index (κ2) is 7.59. The maximum atomic E-state index is 13.9. The predicted octanol–water partition coefficient (Wildman–Crippen LogP) is 3.01. The molecule has 2 aromatic heterocycles. The van der Waals surface area contributed by atoms with E-state index in [-0.39, 0.29) is 23.4 Å². The van der Waals surface area contributed by atoms with Crippen LogP contribution >= 0.6 is 11.6 Å². The van der Waals surface area contributed by atoms with Crippen molar-refractivity contribution in [2.24, 2.45) is 7.05 Å². The number of rotatable bonds is 3. The van der Waals surface area contributed by atoms with Crippen LogP contribution in [0.25, 0.3) is 0 Å². The van der Waals surface area contributed by atoms with Gasteiger partial charge in [-0.2, -0.15) is 5.10 Å². The number of fused-ring (bicyclic) bond motifs is 1. The van der Waals surface area contributed by atoms with Crippen LogP contribution in [-0.2, 0) is 11.8 Å². The van der Waals surface area contributed by atoms with Gasteiger partial charge in [-0.25, -0.2) is 0 Å². The Morgan fingerprint density at radius 1 is 1.12 bits per heavy atom. The number of carbonyl (C=O) groups excluding carboxylic acids is 2. The summed E-state index contributed by atoms with van der Waals surface area (Å²) >= 11 is 6.13. The topological polar surface area (TPSA) is 80.4 Å². The first-order valence-corrected chi connectivity index (χ1v) is 11.2. The molecule has 2 amide bonds. The highest BCUT2D eigenvalue weighted by molar-refractivity contribution is 6.30. The molecule has 5 rings (SSSR count). The van der Waals surface area contributed by atoms with Crippen molar-refractivity contribution in [1.29, 1.82) is 0 Å². The monoisotopic (exact) mass is 465 g/mol. The number of pyridine rings is 1. The summed E-state index contributed by atoms with van der Waals surface area (Å²) in [7, 11) is 1.68. The molecule has 1 saturated heterocycles. The van der Waals surface area contributed by atoms with Crippen molar-refractivity contribution in [2.75, 3.05) is 18.0 Å². The number of benzene rings is 1. The number of hydrogen-bond donors (Lipinski definition) is 0. The van der Waals surface area contributed by atoms with Gasteiger partial charge in [0, 0.05) is 49.4 Å². The number of carbonyl (C=O) groups is 2. The van der Waals surface area contributed by atoms with Gasteiger partial charge in [0.05, 0.1) is 23.5 Å². The Hall–Kier alpha value is -3.39. The van der Waals surface area contributed by atoms with Gasteiger partial charge in [-0.1, -0.05) is 23.7 Å². The van der Waals surface area contributed by atoms with E-state index in [1.54, 1.807) is 59.8 Å². The highest BCUT2D eigenvalue weighted by Gasteiger charge is 2.46. The first-order chi connectivity index (χ1) is 15.7. The van der Waals surface area contributed by atoms with Crippen LogP contribution in [0.2, 0.25) is 5.02 Å². The maximum absolute atomic E-state index is 13.9. The van der Waals surface area contributed by atoms with Gasteiger partial charge < -0.3 is 9.47 Å². The van der Waals surface area contributed by atoms with Crippen molar-refractivity contribution >= 4 is 29.1 Å². The van der Waals surface area contributed by atoms with E-state index in [9.17, 15) is 14.4 Å². The maximum Gasteiger partial charge on any atom is 0.277 e. The van der Waals surface area contributed by atoms with Crippen molar-refractivity contribution < 1.29 is 9.59 Å². The zero-order chi connectivity index (χ0) is 23.6. The standard InChI is InChI=1S/C24H24ClN5O3/c1-13-9-18(10-27(4)23(13)32)29-21(16-5-7-17(25)8-6-16)20-14(2)26-30(22(20)24(29)33)19-11-28(12-19)15(3)31/h5-10,19,21H,11-12H2,1-4H3. The number of anilines is 1. The van der Waals surface area contributed by atoms with Crippen molar-refractivity contribution in [1.82, 2.24) is 19.2 Å². The van der Waals surface area contributed by atoms with E-state index < -0.39 is 6.04 Å². The molecule has 0 N–H and O–H groups in total. The molecular formula is C24H24ClN5O3. The molecule has 0 radical (unpaired) electrons. The van der Waals surface area contributed by atoms with E-state index >= 15 is 0 Å². The minimum Gasteiger partial charge on any atom is -0.339 e. The summed E-state index contributed by atoms with van der Waals surface area (Å²) in [5.41, 5.74) is 4.14. The molecule has 2 aliphatic heterocycles.